The molecular weight excluding hydrogens is 355 g/mol. The maximum Gasteiger partial charge on any atom is 0.241 e. The molecule has 1 aliphatic heterocycles. The second-order valence-corrected chi connectivity index (χ2v) is 6.58. The summed E-state index contributed by atoms with van der Waals surface area (Å²) in [6, 6.07) is 10.9. The van der Waals surface area contributed by atoms with Gasteiger partial charge in [0.05, 0.1) is 18.7 Å². The van der Waals surface area contributed by atoms with E-state index in [-0.39, 0.29) is 13.0 Å². The fourth-order valence-corrected chi connectivity index (χ4v) is 3.43. The Kier molecular flexibility index (Phi) is 5.47. The van der Waals surface area contributed by atoms with Crippen molar-refractivity contribution in [2.45, 2.75) is 30.6 Å². The predicted molar refractivity (Wildman–Crippen MR) is 93.2 cm³/mol. The molecule has 0 aromatic heterocycles. The van der Waals surface area contributed by atoms with E-state index < -0.39 is 41.7 Å². The number of carbonyl (C=O) groups is 1. The molecule has 0 saturated carbocycles. The molecule has 3 atom stereocenters. The van der Waals surface area contributed by atoms with Crippen LogP contribution in [0.4, 0.5) is 13.2 Å². The molecule has 1 fully saturated rings. The highest BCUT2D eigenvalue weighted by Crippen LogP contribution is 2.30. The third kappa shape index (κ3) is 3.96. The van der Waals surface area contributed by atoms with Gasteiger partial charge >= 0.3 is 0 Å². The van der Waals surface area contributed by atoms with Crippen LogP contribution in [0.3, 0.4) is 0 Å². The van der Waals surface area contributed by atoms with Crippen molar-refractivity contribution in [3.8, 4) is 6.07 Å². The quantitative estimate of drug-likeness (QED) is 0.896. The monoisotopic (exact) mass is 373 g/mol. The van der Waals surface area contributed by atoms with Crippen molar-refractivity contribution in [3.63, 3.8) is 0 Å². The van der Waals surface area contributed by atoms with Gasteiger partial charge in [0, 0.05) is 12.3 Å². The molecular formula is C20H18F3N3O. The zero-order chi connectivity index (χ0) is 19.6. The first-order chi connectivity index (χ1) is 12.9. The second kappa shape index (κ2) is 7.80. The summed E-state index contributed by atoms with van der Waals surface area (Å²) in [6.45, 7) is -0.190. The van der Waals surface area contributed by atoms with Gasteiger partial charge in [-0.05, 0) is 35.4 Å². The highest BCUT2D eigenvalue weighted by atomic mass is 19.1. The smallest absolute Gasteiger partial charge is 0.241 e. The van der Waals surface area contributed by atoms with Gasteiger partial charge in [0.2, 0.25) is 5.91 Å². The van der Waals surface area contributed by atoms with Crippen molar-refractivity contribution in [2.24, 2.45) is 5.73 Å². The van der Waals surface area contributed by atoms with Crippen molar-refractivity contribution in [2.75, 3.05) is 6.54 Å². The van der Waals surface area contributed by atoms with E-state index in [0.29, 0.717) is 11.1 Å². The summed E-state index contributed by atoms with van der Waals surface area (Å²) >= 11 is 0. The summed E-state index contributed by atoms with van der Waals surface area (Å²) in [5.41, 5.74) is 7.36. The number of hydrogen-bond donors (Lipinski definition) is 1. The zero-order valence-electron chi connectivity index (χ0n) is 14.4. The highest BCUT2D eigenvalue weighted by Gasteiger charge is 2.40. The van der Waals surface area contributed by atoms with E-state index >= 15 is 0 Å². The van der Waals surface area contributed by atoms with Gasteiger partial charge in [-0.3, -0.25) is 4.79 Å². The summed E-state index contributed by atoms with van der Waals surface area (Å²) in [4.78, 5) is 14.1. The van der Waals surface area contributed by atoms with E-state index in [9.17, 15) is 23.2 Å². The largest absolute Gasteiger partial charge is 0.322 e. The molecule has 1 aliphatic rings. The lowest BCUT2D eigenvalue weighted by atomic mass is 9.84. The number of alkyl halides is 1. The molecule has 4 nitrogen and oxygen atoms in total. The van der Waals surface area contributed by atoms with Gasteiger partial charge in [0.15, 0.2) is 0 Å². The SMILES string of the molecule is N#C[C@@H]1C[C@H](F)CN1C(=O)[C@H](N)C(c1ccc(F)cc1)c1ccc(F)cc1. The Hall–Kier alpha value is -2.85. The van der Waals surface area contributed by atoms with Crippen molar-refractivity contribution in [1.82, 2.24) is 4.90 Å². The van der Waals surface area contributed by atoms with Crippen molar-refractivity contribution in [1.29, 1.82) is 5.26 Å². The summed E-state index contributed by atoms with van der Waals surface area (Å²) in [5, 5.41) is 9.18. The van der Waals surface area contributed by atoms with E-state index in [1.807, 2.05) is 6.07 Å². The lowest BCUT2D eigenvalue weighted by Gasteiger charge is -2.29. The fourth-order valence-electron chi connectivity index (χ4n) is 3.43. The maximum atomic E-state index is 13.7. The summed E-state index contributed by atoms with van der Waals surface area (Å²) < 4.78 is 40.3. The Morgan fingerprint density at radius 2 is 1.56 bits per heavy atom. The van der Waals surface area contributed by atoms with Crippen LogP contribution in [0.25, 0.3) is 0 Å². The van der Waals surface area contributed by atoms with E-state index in [2.05, 4.69) is 0 Å². The summed E-state index contributed by atoms with van der Waals surface area (Å²) in [5.74, 6) is -2.15. The number of likely N-dealkylation sites (tertiary alicyclic amines) is 1. The van der Waals surface area contributed by atoms with Gasteiger partial charge in [-0.25, -0.2) is 13.2 Å². The van der Waals surface area contributed by atoms with Crippen molar-refractivity contribution in [3.05, 3.63) is 71.3 Å². The van der Waals surface area contributed by atoms with Gasteiger partial charge in [0.25, 0.3) is 0 Å². The van der Waals surface area contributed by atoms with E-state index in [1.54, 1.807) is 0 Å². The molecule has 3 rings (SSSR count). The molecule has 0 bridgehead atoms. The topological polar surface area (TPSA) is 70.1 Å². The molecule has 2 N–H and O–H groups in total. The lowest BCUT2D eigenvalue weighted by Crippen LogP contribution is -2.49. The first-order valence-electron chi connectivity index (χ1n) is 8.51. The third-order valence-corrected chi connectivity index (χ3v) is 4.78. The standard InChI is InChI=1S/C20H18F3N3O/c21-14-5-1-12(2-6-14)18(13-3-7-15(22)8-4-13)19(25)20(27)26-11-16(23)9-17(26)10-24/h1-8,16-19H,9,11,25H2/t16-,17-,19+/m0/s1. The lowest BCUT2D eigenvalue weighted by molar-refractivity contribution is -0.133. The van der Waals surface area contributed by atoms with Crippen molar-refractivity contribution < 1.29 is 18.0 Å². The molecule has 0 aliphatic carbocycles. The molecule has 2 aromatic rings. The minimum atomic E-state index is -1.28. The molecule has 1 amide bonds. The number of nitriles is 1. The summed E-state index contributed by atoms with van der Waals surface area (Å²) in [6.07, 6.45) is -1.33. The van der Waals surface area contributed by atoms with Gasteiger partial charge in [-0.1, -0.05) is 24.3 Å². The number of carbonyl (C=O) groups excluding carboxylic acids is 1. The minimum absolute atomic E-state index is 0.0489. The molecule has 140 valence electrons. The van der Waals surface area contributed by atoms with Gasteiger partial charge in [-0.2, -0.15) is 5.26 Å². The van der Waals surface area contributed by atoms with Crippen molar-refractivity contribution >= 4 is 5.91 Å². The van der Waals surface area contributed by atoms with Crippen LogP contribution >= 0.6 is 0 Å². The number of benzene rings is 2. The van der Waals surface area contributed by atoms with E-state index in [1.165, 1.54) is 48.5 Å². The average Bonchev–Trinajstić information content (AvgIpc) is 3.05. The molecule has 0 spiro atoms. The van der Waals surface area contributed by atoms with Gasteiger partial charge in [0.1, 0.15) is 23.8 Å². The molecule has 7 heteroatoms. The maximum absolute atomic E-state index is 13.7. The van der Waals surface area contributed by atoms with Crippen LogP contribution in [0.15, 0.2) is 48.5 Å². The van der Waals surface area contributed by atoms with E-state index in [0.717, 1.165) is 4.90 Å². The number of halogens is 3. The number of nitrogens with zero attached hydrogens (tertiary/aromatic N) is 2. The van der Waals surface area contributed by atoms with Crippen LogP contribution in [0.2, 0.25) is 0 Å². The van der Waals surface area contributed by atoms with Crippen LogP contribution in [0.5, 0.6) is 0 Å². The normalized spacial score (nSPS) is 20.5. The minimum Gasteiger partial charge on any atom is -0.322 e. The molecule has 27 heavy (non-hydrogen) atoms. The fraction of sp³-hybridized carbons (Fsp3) is 0.300. The molecule has 0 radical (unpaired) electrons. The van der Waals surface area contributed by atoms with Crippen LogP contribution < -0.4 is 5.73 Å². The average molecular weight is 373 g/mol. The first-order valence-corrected chi connectivity index (χ1v) is 8.51. The number of hydrogen-bond acceptors (Lipinski definition) is 3. The highest BCUT2D eigenvalue weighted by molar-refractivity contribution is 5.84. The Morgan fingerprint density at radius 1 is 1.07 bits per heavy atom. The molecule has 2 aromatic carbocycles. The molecule has 0 unspecified atom stereocenters. The molecule has 1 saturated heterocycles. The van der Waals surface area contributed by atoms with Crippen LogP contribution in [-0.2, 0) is 4.79 Å². The number of amides is 1. The second-order valence-electron chi connectivity index (χ2n) is 6.58. The number of nitrogens with two attached hydrogens (primary N) is 1. The Morgan fingerprint density at radius 3 is 2.00 bits per heavy atom. The van der Waals surface area contributed by atoms with Gasteiger partial charge in [-0.15, -0.1) is 0 Å². The van der Waals surface area contributed by atoms with Crippen LogP contribution in [0, 0.1) is 23.0 Å². The van der Waals surface area contributed by atoms with Crippen LogP contribution in [-0.4, -0.2) is 35.6 Å². The van der Waals surface area contributed by atoms with Gasteiger partial charge < -0.3 is 10.6 Å². The predicted octanol–water partition coefficient (Wildman–Crippen LogP) is 2.89. The van der Waals surface area contributed by atoms with E-state index in [4.69, 9.17) is 5.73 Å². The third-order valence-electron chi connectivity index (χ3n) is 4.78. The Labute approximate surface area is 155 Å². The molecule has 1 heterocycles. The first kappa shape index (κ1) is 18.9. The Bertz CT molecular complexity index is 803. The van der Waals surface area contributed by atoms with Crippen LogP contribution in [0.1, 0.15) is 23.5 Å². The number of rotatable bonds is 4. The zero-order valence-corrected chi connectivity index (χ0v) is 14.4. The summed E-state index contributed by atoms with van der Waals surface area (Å²) in [7, 11) is 0. The Balaban J connectivity index is 1.96.